The summed E-state index contributed by atoms with van der Waals surface area (Å²) in [4.78, 5) is 17.8. The van der Waals surface area contributed by atoms with Crippen molar-refractivity contribution < 1.29 is 28.5 Å². The summed E-state index contributed by atoms with van der Waals surface area (Å²) in [5.74, 6) is -1.66. The fraction of sp³-hybridized carbons (Fsp3) is 0.231. The SMILES string of the molecule is Cc1nc2c(OCc3c(F)cccc3F)cccn2c1C(=O)N[C@@](C)(CO)c1ccc(CO)cc1. The number of amides is 1. The first kappa shape index (κ1) is 24.3. The van der Waals surface area contributed by atoms with E-state index in [1.807, 2.05) is 0 Å². The first-order valence-electron chi connectivity index (χ1n) is 10.9. The lowest BCUT2D eigenvalue weighted by Crippen LogP contribution is -2.46. The molecule has 7 nitrogen and oxygen atoms in total. The molecular weight excluding hydrogens is 456 g/mol. The van der Waals surface area contributed by atoms with Crippen molar-refractivity contribution in [2.24, 2.45) is 0 Å². The number of halogens is 2. The standard InChI is InChI=1S/C26H25F2N3O4/c1-16-23(25(34)30-26(2,15-33)18-10-8-17(13-32)9-11-18)31-12-4-7-22(24(31)29-16)35-14-19-20(27)5-3-6-21(19)28/h3-12,32-33H,13-15H2,1-2H3,(H,30,34)/t26-/m0/s1. The molecule has 35 heavy (non-hydrogen) atoms. The lowest BCUT2D eigenvalue weighted by atomic mass is 9.92. The first-order chi connectivity index (χ1) is 16.8. The van der Waals surface area contributed by atoms with Crippen molar-refractivity contribution in [3.05, 3.63) is 101 Å². The van der Waals surface area contributed by atoms with Crippen LogP contribution < -0.4 is 10.1 Å². The van der Waals surface area contributed by atoms with Crippen molar-refractivity contribution in [3.63, 3.8) is 0 Å². The lowest BCUT2D eigenvalue weighted by Gasteiger charge is -2.29. The number of aliphatic hydroxyl groups is 2. The normalized spacial score (nSPS) is 13.0. The average molecular weight is 481 g/mol. The minimum absolute atomic E-state index is 0.114. The monoisotopic (exact) mass is 481 g/mol. The van der Waals surface area contributed by atoms with Crippen LogP contribution in [0.2, 0.25) is 0 Å². The van der Waals surface area contributed by atoms with Crippen molar-refractivity contribution in [2.75, 3.05) is 6.61 Å². The van der Waals surface area contributed by atoms with Gasteiger partial charge in [-0.2, -0.15) is 0 Å². The largest absolute Gasteiger partial charge is 0.485 e. The van der Waals surface area contributed by atoms with Crippen LogP contribution in [-0.4, -0.2) is 32.1 Å². The fourth-order valence-corrected chi connectivity index (χ4v) is 3.85. The highest BCUT2D eigenvalue weighted by atomic mass is 19.1. The van der Waals surface area contributed by atoms with Gasteiger partial charge in [-0.25, -0.2) is 13.8 Å². The Balaban J connectivity index is 1.63. The number of carbonyl (C=O) groups excluding carboxylic acids is 1. The molecule has 0 aliphatic heterocycles. The minimum atomic E-state index is -1.10. The maximum absolute atomic E-state index is 14.0. The summed E-state index contributed by atoms with van der Waals surface area (Å²) in [6.45, 7) is 2.52. The van der Waals surface area contributed by atoms with E-state index < -0.39 is 23.1 Å². The summed E-state index contributed by atoms with van der Waals surface area (Å²) < 4.78 is 35.2. The Kier molecular flexibility index (Phi) is 6.81. The van der Waals surface area contributed by atoms with E-state index in [4.69, 9.17) is 4.74 Å². The van der Waals surface area contributed by atoms with Gasteiger partial charge in [0.2, 0.25) is 0 Å². The van der Waals surface area contributed by atoms with Gasteiger partial charge in [0.05, 0.1) is 30.0 Å². The lowest BCUT2D eigenvalue weighted by molar-refractivity contribution is 0.0842. The molecule has 0 bridgehead atoms. The van der Waals surface area contributed by atoms with Gasteiger partial charge in [-0.15, -0.1) is 0 Å². The van der Waals surface area contributed by atoms with Crippen LogP contribution in [-0.2, 0) is 18.8 Å². The summed E-state index contributed by atoms with van der Waals surface area (Å²) in [5.41, 5.74) is 1.01. The molecule has 0 radical (unpaired) electrons. The molecule has 0 unspecified atom stereocenters. The number of nitrogens with zero attached hydrogens (tertiary/aromatic N) is 2. The van der Waals surface area contributed by atoms with Crippen LogP contribution >= 0.6 is 0 Å². The third-order valence-electron chi connectivity index (χ3n) is 5.92. The quantitative estimate of drug-likeness (QED) is 0.357. The van der Waals surface area contributed by atoms with Gasteiger partial charge in [-0.1, -0.05) is 30.3 Å². The number of benzene rings is 2. The van der Waals surface area contributed by atoms with Crippen molar-refractivity contribution >= 4 is 11.6 Å². The fourth-order valence-electron chi connectivity index (χ4n) is 3.85. The molecule has 182 valence electrons. The second-order valence-corrected chi connectivity index (χ2v) is 8.40. The van der Waals surface area contributed by atoms with Crippen LogP contribution in [0.1, 0.15) is 39.8 Å². The van der Waals surface area contributed by atoms with E-state index >= 15 is 0 Å². The van der Waals surface area contributed by atoms with E-state index in [0.717, 1.165) is 12.1 Å². The molecule has 9 heteroatoms. The Bertz CT molecular complexity index is 1350. The van der Waals surface area contributed by atoms with E-state index in [2.05, 4.69) is 10.3 Å². The average Bonchev–Trinajstić information content (AvgIpc) is 3.20. The first-order valence-corrected chi connectivity index (χ1v) is 10.9. The molecule has 0 fully saturated rings. The van der Waals surface area contributed by atoms with Crippen molar-refractivity contribution in [1.29, 1.82) is 0 Å². The molecule has 1 amide bonds. The van der Waals surface area contributed by atoms with Crippen LogP contribution in [0, 0.1) is 18.6 Å². The zero-order valence-electron chi connectivity index (χ0n) is 19.3. The van der Waals surface area contributed by atoms with E-state index in [1.165, 1.54) is 10.5 Å². The van der Waals surface area contributed by atoms with Gasteiger partial charge in [0.1, 0.15) is 23.9 Å². The van der Waals surface area contributed by atoms with Crippen LogP contribution in [0.4, 0.5) is 8.78 Å². The van der Waals surface area contributed by atoms with E-state index in [1.54, 1.807) is 56.4 Å². The molecule has 4 aromatic rings. The molecular formula is C26H25F2N3O4. The van der Waals surface area contributed by atoms with Crippen molar-refractivity contribution in [3.8, 4) is 5.75 Å². The number of nitrogens with one attached hydrogen (secondary N) is 1. The Morgan fingerprint density at radius 1 is 1.09 bits per heavy atom. The second kappa shape index (κ2) is 9.81. The highest BCUT2D eigenvalue weighted by Crippen LogP contribution is 2.26. The summed E-state index contributed by atoms with van der Waals surface area (Å²) in [6, 6.07) is 13.7. The summed E-state index contributed by atoms with van der Waals surface area (Å²) in [6.07, 6.45) is 1.63. The number of ether oxygens (including phenoxy) is 1. The number of aryl methyl sites for hydroxylation is 1. The topological polar surface area (TPSA) is 96.1 Å². The van der Waals surface area contributed by atoms with Gasteiger partial charge < -0.3 is 20.3 Å². The molecule has 0 spiro atoms. The molecule has 0 saturated heterocycles. The maximum Gasteiger partial charge on any atom is 0.270 e. The Morgan fingerprint density at radius 3 is 2.40 bits per heavy atom. The third kappa shape index (κ3) is 4.73. The van der Waals surface area contributed by atoms with Gasteiger partial charge in [-0.3, -0.25) is 9.20 Å². The number of pyridine rings is 1. The number of hydrogen-bond donors (Lipinski definition) is 3. The number of aromatic nitrogens is 2. The molecule has 1 atom stereocenters. The van der Waals surface area contributed by atoms with E-state index in [-0.39, 0.29) is 36.8 Å². The molecule has 0 saturated carbocycles. The molecule has 0 aliphatic rings. The molecule has 0 aliphatic carbocycles. The Labute approximate surface area is 200 Å². The van der Waals surface area contributed by atoms with Crippen LogP contribution in [0.25, 0.3) is 5.65 Å². The van der Waals surface area contributed by atoms with E-state index in [0.29, 0.717) is 22.5 Å². The van der Waals surface area contributed by atoms with Crippen molar-refractivity contribution in [2.45, 2.75) is 32.6 Å². The van der Waals surface area contributed by atoms with Gasteiger partial charge in [-0.05, 0) is 49.2 Å². The number of hydrogen-bond acceptors (Lipinski definition) is 5. The number of carbonyl (C=O) groups is 1. The number of fused-ring (bicyclic) bond motifs is 1. The highest BCUT2D eigenvalue weighted by molar-refractivity contribution is 5.95. The zero-order chi connectivity index (χ0) is 25.2. The summed E-state index contributed by atoms with van der Waals surface area (Å²) >= 11 is 0. The summed E-state index contributed by atoms with van der Waals surface area (Å²) in [5, 5.41) is 22.2. The number of imidazole rings is 1. The molecule has 2 aromatic carbocycles. The maximum atomic E-state index is 14.0. The number of rotatable bonds is 8. The van der Waals surface area contributed by atoms with Crippen LogP contribution in [0.5, 0.6) is 5.75 Å². The minimum Gasteiger partial charge on any atom is -0.485 e. The van der Waals surface area contributed by atoms with Gasteiger partial charge in [0.15, 0.2) is 11.4 Å². The van der Waals surface area contributed by atoms with Crippen LogP contribution in [0.15, 0.2) is 60.8 Å². The molecule has 4 rings (SSSR count). The van der Waals surface area contributed by atoms with Gasteiger partial charge in [0, 0.05) is 6.20 Å². The molecule has 3 N–H and O–H groups in total. The molecule has 2 aromatic heterocycles. The highest BCUT2D eigenvalue weighted by Gasteiger charge is 2.30. The van der Waals surface area contributed by atoms with Crippen molar-refractivity contribution in [1.82, 2.24) is 14.7 Å². The third-order valence-corrected chi connectivity index (χ3v) is 5.92. The van der Waals surface area contributed by atoms with Gasteiger partial charge >= 0.3 is 0 Å². The second-order valence-electron chi connectivity index (χ2n) is 8.40. The predicted octanol–water partition coefficient (Wildman–Crippen LogP) is 3.63. The predicted molar refractivity (Wildman–Crippen MR) is 125 cm³/mol. The zero-order valence-corrected chi connectivity index (χ0v) is 19.3. The number of aliphatic hydroxyl groups excluding tert-OH is 2. The Hall–Kier alpha value is -3.82. The summed E-state index contributed by atoms with van der Waals surface area (Å²) in [7, 11) is 0. The van der Waals surface area contributed by atoms with E-state index in [9.17, 15) is 23.8 Å². The smallest absolute Gasteiger partial charge is 0.270 e. The Morgan fingerprint density at radius 2 is 1.77 bits per heavy atom. The van der Waals surface area contributed by atoms with Crippen LogP contribution in [0.3, 0.4) is 0 Å². The van der Waals surface area contributed by atoms with Gasteiger partial charge in [0.25, 0.3) is 5.91 Å². The molecule has 2 heterocycles.